The predicted octanol–water partition coefficient (Wildman–Crippen LogP) is -0.471. The van der Waals surface area contributed by atoms with Crippen molar-refractivity contribution in [3.63, 3.8) is 0 Å². The number of benzene rings is 1. The van der Waals surface area contributed by atoms with Gasteiger partial charge in [0, 0.05) is 5.60 Å². The molecule has 0 aromatic heterocycles. The summed E-state index contributed by atoms with van der Waals surface area (Å²) < 4.78 is 5.01. The summed E-state index contributed by atoms with van der Waals surface area (Å²) in [5.41, 5.74) is 0.165. The molecule has 17 heavy (non-hydrogen) atoms. The lowest BCUT2D eigenvalue weighted by Crippen LogP contribution is -2.31. The molecule has 1 aromatic carbocycles. The summed E-state index contributed by atoms with van der Waals surface area (Å²) >= 11 is 0. The monoisotopic (exact) mass is 236 g/mol. The maximum absolute atomic E-state index is 11.4. The highest BCUT2D eigenvalue weighted by Gasteiger charge is 2.09. The SMILES string of the molecule is CC(C)(C)OC([O-])=Nc1ccc(B(O)O)cc1. The zero-order valence-electron chi connectivity index (χ0n) is 10.0. The zero-order valence-corrected chi connectivity index (χ0v) is 10.0. The zero-order chi connectivity index (χ0) is 13.1. The maximum atomic E-state index is 11.4. The molecule has 0 saturated heterocycles. The summed E-state index contributed by atoms with van der Waals surface area (Å²) in [7, 11) is -1.52. The quantitative estimate of drug-likeness (QED) is 0.413. The molecule has 0 fully saturated rings. The van der Waals surface area contributed by atoms with Crippen LogP contribution in [0.25, 0.3) is 0 Å². The maximum Gasteiger partial charge on any atom is 0.488 e. The summed E-state index contributed by atoms with van der Waals surface area (Å²) in [5, 5.41) is 29.1. The molecule has 0 amide bonds. The molecule has 0 saturated carbocycles. The van der Waals surface area contributed by atoms with Gasteiger partial charge in [0.25, 0.3) is 0 Å². The van der Waals surface area contributed by atoms with Crippen molar-refractivity contribution in [1.82, 2.24) is 0 Å². The van der Waals surface area contributed by atoms with Crippen LogP contribution >= 0.6 is 0 Å². The van der Waals surface area contributed by atoms with Crippen LogP contribution in [-0.4, -0.2) is 28.9 Å². The highest BCUT2D eigenvalue weighted by Crippen LogP contribution is 2.12. The minimum atomic E-state index is -1.52. The van der Waals surface area contributed by atoms with Gasteiger partial charge in [0.05, 0.1) is 5.69 Å². The van der Waals surface area contributed by atoms with E-state index in [1.165, 1.54) is 24.3 Å². The van der Waals surface area contributed by atoms with Crippen molar-refractivity contribution in [1.29, 1.82) is 0 Å². The Hall–Kier alpha value is -1.53. The van der Waals surface area contributed by atoms with Gasteiger partial charge in [-0.05, 0) is 17.6 Å². The van der Waals surface area contributed by atoms with Gasteiger partial charge in [-0.15, -0.1) is 0 Å². The molecule has 0 unspecified atom stereocenters. The van der Waals surface area contributed by atoms with Gasteiger partial charge < -0.3 is 19.9 Å². The Labute approximate surface area is 101 Å². The van der Waals surface area contributed by atoms with Crippen LogP contribution in [0.5, 0.6) is 0 Å². The summed E-state index contributed by atoms with van der Waals surface area (Å²) in [6.07, 6.45) is -0.671. The van der Waals surface area contributed by atoms with Gasteiger partial charge in [-0.1, -0.05) is 32.9 Å². The van der Waals surface area contributed by atoms with E-state index in [1.54, 1.807) is 20.8 Å². The van der Waals surface area contributed by atoms with Crippen LogP contribution in [0, 0.1) is 0 Å². The number of aliphatic imine (C=N–C) groups is 1. The van der Waals surface area contributed by atoms with Gasteiger partial charge in [0.2, 0.25) is 0 Å². The Kier molecular flexibility index (Phi) is 4.14. The molecule has 0 spiro atoms. The molecule has 1 rings (SSSR count). The lowest BCUT2D eigenvalue weighted by Gasteiger charge is -2.29. The average molecular weight is 236 g/mol. The van der Waals surface area contributed by atoms with E-state index in [0.717, 1.165) is 0 Å². The number of hydrogen-bond donors (Lipinski definition) is 2. The highest BCUT2D eigenvalue weighted by molar-refractivity contribution is 6.58. The molecular weight excluding hydrogens is 221 g/mol. The normalized spacial score (nSPS) is 12.4. The van der Waals surface area contributed by atoms with Crippen molar-refractivity contribution in [2.45, 2.75) is 26.4 Å². The van der Waals surface area contributed by atoms with Crippen LogP contribution in [0.15, 0.2) is 29.3 Å². The number of nitrogens with zero attached hydrogens (tertiary/aromatic N) is 1. The van der Waals surface area contributed by atoms with Crippen molar-refractivity contribution in [3.8, 4) is 0 Å². The molecule has 1 aromatic rings. The lowest BCUT2D eigenvalue weighted by molar-refractivity contribution is -0.259. The Morgan fingerprint density at radius 2 is 1.76 bits per heavy atom. The van der Waals surface area contributed by atoms with Crippen molar-refractivity contribution < 1.29 is 19.9 Å². The third-order valence-electron chi connectivity index (χ3n) is 1.81. The number of hydrogen-bond acceptors (Lipinski definition) is 5. The number of rotatable bonds is 2. The van der Waals surface area contributed by atoms with E-state index in [-0.39, 0.29) is 0 Å². The molecule has 92 valence electrons. The first-order valence-corrected chi connectivity index (χ1v) is 5.19. The molecule has 0 atom stereocenters. The van der Waals surface area contributed by atoms with E-state index < -0.39 is 18.8 Å². The molecule has 0 aliphatic rings. The van der Waals surface area contributed by atoms with Crippen LogP contribution in [0.4, 0.5) is 5.69 Å². The second-order valence-electron chi connectivity index (χ2n) is 4.56. The fourth-order valence-corrected chi connectivity index (χ4v) is 1.11. The van der Waals surface area contributed by atoms with Gasteiger partial charge in [0.1, 0.15) is 0 Å². The van der Waals surface area contributed by atoms with Crippen molar-refractivity contribution in [2.24, 2.45) is 4.99 Å². The molecular formula is C11H15BNO4-. The van der Waals surface area contributed by atoms with Gasteiger partial charge in [-0.25, -0.2) is 4.99 Å². The lowest BCUT2D eigenvalue weighted by atomic mass is 9.80. The van der Waals surface area contributed by atoms with Crippen molar-refractivity contribution in [3.05, 3.63) is 24.3 Å². The van der Waals surface area contributed by atoms with Crippen LogP contribution in [-0.2, 0) is 4.74 Å². The largest absolute Gasteiger partial charge is 0.594 e. The Balaban J connectivity index is 2.77. The fourth-order valence-electron chi connectivity index (χ4n) is 1.11. The third kappa shape index (κ3) is 4.88. The summed E-state index contributed by atoms with van der Waals surface area (Å²) in [5.74, 6) is 0. The second-order valence-corrected chi connectivity index (χ2v) is 4.56. The van der Waals surface area contributed by atoms with Gasteiger partial charge in [0.15, 0.2) is 6.08 Å². The van der Waals surface area contributed by atoms with Crippen LogP contribution < -0.4 is 10.6 Å². The van der Waals surface area contributed by atoms with Gasteiger partial charge in [-0.3, -0.25) is 0 Å². The third-order valence-corrected chi connectivity index (χ3v) is 1.81. The Morgan fingerprint density at radius 3 is 2.18 bits per heavy atom. The van der Waals surface area contributed by atoms with Gasteiger partial charge in [-0.2, -0.15) is 0 Å². The fraction of sp³-hybridized carbons (Fsp3) is 0.364. The van der Waals surface area contributed by atoms with E-state index in [2.05, 4.69) is 4.99 Å². The van der Waals surface area contributed by atoms with Gasteiger partial charge >= 0.3 is 7.12 Å². The average Bonchev–Trinajstić information content (AvgIpc) is 2.15. The summed E-state index contributed by atoms with van der Waals surface area (Å²) in [6, 6.07) is 5.99. The minimum Gasteiger partial charge on any atom is -0.594 e. The highest BCUT2D eigenvalue weighted by atomic mass is 16.6. The number of ether oxygens (including phenoxy) is 1. The summed E-state index contributed by atoms with van der Waals surface area (Å²) in [4.78, 5) is 3.72. The topological polar surface area (TPSA) is 85.1 Å². The first-order chi connectivity index (χ1) is 7.78. The molecule has 5 nitrogen and oxygen atoms in total. The van der Waals surface area contributed by atoms with E-state index >= 15 is 0 Å². The smallest absolute Gasteiger partial charge is 0.488 e. The standard InChI is InChI=1S/C11H16BNO4/c1-11(2,3)17-10(14)13-9-6-4-8(5-7-9)12(15)16/h4-7,15-16H,1-3H3,(H,13,14)/p-1. The molecule has 0 radical (unpaired) electrons. The molecule has 2 N–H and O–H groups in total. The molecule has 0 aliphatic heterocycles. The van der Waals surface area contributed by atoms with Crippen molar-refractivity contribution >= 4 is 24.4 Å². The van der Waals surface area contributed by atoms with E-state index in [9.17, 15) is 5.11 Å². The molecule has 0 aliphatic carbocycles. The van der Waals surface area contributed by atoms with Crippen LogP contribution in [0.1, 0.15) is 20.8 Å². The predicted molar refractivity (Wildman–Crippen MR) is 64.2 cm³/mol. The minimum absolute atomic E-state index is 0.341. The molecule has 0 bridgehead atoms. The van der Waals surface area contributed by atoms with Crippen molar-refractivity contribution in [2.75, 3.05) is 0 Å². The molecule has 0 heterocycles. The Morgan fingerprint density at radius 1 is 1.24 bits per heavy atom. The van der Waals surface area contributed by atoms with Crippen LogP contribution in [0.3, 0.4) is 0 Å². The first-order valence-electron chi connectivity index (χ1n) is 5.19. The van der Waals surface area contributed by atoms with Crippen LogP contribution in [0.2, 0.25) is 0 Å². The van der Waals surface area contributed by atoms with E-state index in [0.29, 0.717) is 11.2 Å². The summed E-state index contributed by atoms with van der Waals surface area (Å²) in [6.45, 7) is 5.27. The second kappa shape index (κ2) is 5.20. The Bertz CT molecular complexity index is 395. The molecule has 6 heteroatoms. The van der Waals surface area contributed by atoms with E-state index in [4.69, 9.17) is 14.8 Å². The first kappa shape index (κ1) is 13.5. The van der Waals surface area contributed by atoms with E-state index in [1.807, 2.05) is 0 Å².